The normalized spacial score (nSPS) is 14.8. The summed E-state index contributed by atoms with van der Waals surface area (Å²) in [6.45, 7) is 2.07. The molecule has 2 atom stereocenters. The summed E-state index contributed by atoms with van der Waals surface area (Å²) in [5, 5.41) is 0.774. The van der Waals surface area contributed by atoms with Gasteiger partial charge in [-0.3, -0.25) is 0 Å². The highest BCUT2D eigenvalue weighted by Crippen LogP contribution is 2.18. The van der Waals surface area contributed by atoms with Crippen LogP contribution in [-0.4, -0.2) is 19.1 Å². The van der Waals surface area contributed by atoms with E-state index < -0.39 is 0 Å². The van der Waals surface area contributed by atoms with Crippen LogP contribution in [0.5, 0.6) is 0 Å². The minimum Gasteiger partial charge on any atom is -0.382 e. The van der Waals surface area contributed by atoms with Gasteiger partial charge in [-0.05, 0) is 43.4 Å². The van der Waals surface area contributed by atoms with Gasteiger partial charge in [-0.15, -0.1) is 11.6 Å². The van der Waals surface area contributed by atoms with Crippen LogP contribution in [0.3, 0.4) is 0 Å². The van der Waals surface area contributed by atoms with E-state index >= 15 is 0 Å². The minimum atomic E-state index is 0.260. The highest BCUT2D eigenvalue weighted by molar-refractivity contribution is 6.30. The fourth-order valence-corrected chi connectivity index (χ4v) is 2.08. The Morgan fingerprint density at radius 3 is 2.38 bits per heavy atom. The van der Waals surface area contributed by atoms with Crippen molar-refractivity contribution in [3.63, 3.8) is 0 Å². The lowest BCUT2D eigenvalue weighted by molar-refractivity contribution is 0.0978. The summed E-state index contributed by atoms with van der Waals surface area (Å²) in [7, 11) is 1.73. The number of rotatable bonds is 6. The molecule has 0 bridgehead atoms. The molecule has 2 unspecified atom stereocenters. The number of hydrogen-bond donors (Lipinski definition) is 0. The van der Waals surface area contributed by atoms with E-state index in [1.807, 2.05) is 12.1 Å². The zero-order valence-corrected chi connectivity index (χ0v) is 11.3. The Labute approximate surface area is 108 Å². The van der Waals surface area contributed by atoms with Crippen molar-refractivity contribution in [3.8, 4) is 0 Å². The molecule has 0 aliphatic heterocycles. The second kappa shape index (κ2) is 7.16. The molecule has 0 aliphatic carbocycles. The van der Waals surface area contributed by atoms with E-state index in [0.29, 0.717) is 11.8 Å². The van der Waals surface area contributed by atoms with Gasteiger partial charge in [-0.25, -0.2) is 0 Å². The Balaban J connectivity index is 2.52. The molecule has 1 aromatic carbocycles. The molecule has 0 heterocycles. The van der Waals surface area contributed by atoms with E-state index in [4.69, 9.17) is 27.9 Å². The van der Waals surface area contributed by atoms with Gasteiger partial charge in [0.25, 0.3) is 0 Å². The Morgan fingerprint density at radius 1 is 1.25 bits per heavy atom. The maximum Gasteiger partial charge on any atom is 0.0546 e. The first-order chi connectivity index (χ1) is 7.65. The number of hydrogen-bond acceptors (Lipinski definition) is 1. The molecule has 0 spiro atoms. The molecule has 0 saturated heterocycles. The van der Waals surface area contributed by atoms with Crippen molar-refractivity contribution in [2.75, 3.05) is 13.0 Å². The SMILES string of the molecule is COC(C)CC(CCl)Cc1ccc(Cl)cc1. The van der Waals surface area contributed by atoms with Crippen molar-refractivity contribution in [2.24, 2.45) is 5.92 Å². The van der Waals surface area contributed by atoms with Crippen molar-refractivity contribution in [1.29, 1.82) is 0 Å². The molecule has 1 aromatic rings. The molecule has 3 heteroatoms. The maximum absolute atomic E-state index is 5.97. The van der Waals surface area contributed by atoms with Crippen molar-refractivity contribution in [2.45, 2.75) is 25.9 Å². The average molecular weight is 261 g/mol. The van der Waals surface area contributed by atoms with Crippen LogP contribution in [0.15, 0.2) is 24.3 Å². The third-order valence-corrected chi connectivity index (χ3v) is 3.41. The summed E-state index contributed by atoms with van der Waals surface area (Å²) in [6, 6.07) is 7.95. The quantitative estimate of drug-likeness (QED) is 0.698. The molecule has 1 rings (SSSR count). The summed E-state index contributed by atoms with van der Waals surface area (Å²) in [6.07, 6.45) is 2.23. The molecular formula is C13H18Cl2O. The molecule has 0 aliphatic rings. The smallest absolute Gasteiger partial charge is 0.0546 e. The third-order valence-electron chi connectivity index (χ3n) is 2.72. The lowest BCUT2D eigenvalue weighted by Crippen LogP contribution is -2.16. The van der Waals surface area contributed by atoms with Crippen LogP contribution in [-0.2, 0) is 11.2 Å². The first-order valence-corrected chi connectivity index (χ1v) is 6.40. The van der Waals surface area contributed by atoms with Crippen LogP contribution < -0.4 is 0 Å². The highest BCUT2D eigenvalue weighted by Gasteiger charge is 2.12. The van der Waals surface area contributed by atoms with E-state index in [-0.39, 0.29) is 6.10 Å². The van der Waals surface area contributed by atoms with Crippen LogP contribution in [0.1, 0.15) is 18.9 Å². The molecule has 0 saturated carbocycles. The van der Waals surface area contributed by atoms with Gasteiger partial charge in [-0.1, -0.05) is 23.7 Å². The minimum absolute atomic E-state index is 0.260. The molecule has 90 valence electrons. The van der Waals surface area contributed by atoms with Gasteiger partial charge < -0.3 is 4.74 Å². The zero-order valence-electron chi connectivity index (χ0n) is 9.75. The lowest BCUT2D eigenvalue weighted by atomic mass is 9.96. The largest absolute Gasteiger partial charge is 0.382 e. The van der Waals surface area contributed by atoms with E-state index in [9.17, 15) is 0 Å². The molecule has 0 fully saturated rings. The van der Waals surface area contributed by atoms with E-state index in [1.165, 1.54) is 5.56 Å². The van der Waals surface area contributed by atoms with Gasteiger partial charge in [0.15, 0.2) is 0 Å². The van der Waals surface area contributed by atoms with Crippen molar-refractivity contribution in [3.05, 3.63) is 34.9 Å². The van der Waals surface area contributed by atoms with Gasteiger partial charge in [0.2, 0.25) is 0 Å². The molecule has 0 aromatic heterocycles. The van der Waals surface area contributed by atoms with Crippen molar-refractivity contribution >= 4 is 23.2 Å². The van der Waals surface area contributed by atoms with Gasteiger partial charge in [0.05, 0.1) is 6.10 Å². The average Bonchev–Trinajstić information content (AvgIpc) is 2.30. The van der Waals surface area contributed by atoms with E-state index in [2.05, 4.69) is 19.1 Å². The Hall–Kier alpha value is -0.240. The number of ether oxygens (including phenoxy) is 1. The van der Waals surface area contributed by atoms with Gasteiger partial charge >= 0.3 is 0 Å². The molecule has 16 heavy (non-hydrogen) atoms. The van der Waals surface area contributed by atoms with Crippen LogP contribution >= 0.6 is 23.2 Å². The summed E-state index contributed by atoms with van der Waals surface area (Å²) >= 11 is 11.8. The standard InChI is InChI=1S/C13H18Cl2O/c1-10(16-2)7-12(9-14)8-11-3-5-13(15)6-4-11/h3-6,10,12H,7-9H2,1-2H3. The summed E-state index contributed by atoms with van der Waals surface area (Å²) in [5.41, 5.74) is 1.28. The first-order valence-electron chi connectivity index (χ1n) is 5.49. The highest BCUT2D eigenvalue weighted by atomic mass is 35.5. The lowest BCUT2D eigenvalue weighted by Gasteiger charge is -2.18. The van der Waals surface area contributed by atoms with Gasteiger partial charge in [-0.2, -0.15) is 0 Å². The van der Waals surface area contributed by atoms with Gasteiger partial charge in [0, 0.05) is 18.0 Å². The van der Waals surface area contributed by atoms with Crippen LogP contribution in [0.4, 0.5) is 0 Å². The van der Waals surface area contributed by atoms with Crippen LogP contribution in [0.2, 0.25) is 5.02 Å². The third kappa shape index (κ3) is 4.73. The Bertz CT molecular complexity index is 297. The monoisotopic (exact) mass is 260 g/mol. The fraction of sp³-hybridized carbons (Fsp3) is 0.538. The second-order valence-corrected chi connectivity index (χ2v) is 4.88. The summed E-state index contributed by atoms with van der Waals surface area (Å²) in [5.74, 6) is 1.12. The second-order valence-electron chi connectivity index (χ2n) is 4.13. The first kappa shape index (κ1) is 13.8. The number of methoxy groups -OCH3 is 1. The van der Waals surface area contributed by atoms with Crippen LogP contribution in [0, 0.1) is 5.92 Å². The van der Waals surface area contributed by atoms with Crippen molar-refractivity contribution < 1.29 is 4.74 Å². The molecular weight excluding hydrogens is 243 g/mol. The fourth-order valence-electron chi connectivity index (χ4n) is 1.72. The topological polar surface area (TPSA) is 9.23 Å². The molecule has 1 nitrogen and oxygen atoms in total. The zero-order chi connectivity index (χ0) is 12.0. The van der Waals surface area contributed by atoms with Gasteiger partial charge in [0.1, 0.15) is 0 Å². The molecule has 0 radical (unpaired) electrons. The number of halogens is 2. The van der Waals surface area contributed by atoms with Crippen LogP contribution in [0.25, 0.3) is 0 Å². The van der Waals surface area contributed by atoms with Crippen molar-refractivity contribution in [1.82, 2.24) is 0 Å². The number of benzene rings is 1. The predicted octanol–water partition coefficient (Wildman–Crippen LogP) is 4.16. The van der Waals surface area contributed by atoms with E-state index in [1.54, 1.807) is 7.11 Å². The predicted molar refractivity (Wildman–Crippen MR) is 70.5 cm³/mol. The number of alkyl halides is 1. The Morgan fingerprint density at radius 2 is 1.88 bits per heavy atom. The molecule has 0 N–H and O–H groups in total. The summed E-state index contributed by atoms with van der Waals surface area (Å²) < 4.78 is 5.26. The van der Waals surface area contributed by atoms with E-state index in [0.717, 1.165) is 17.9 Å². The Kier molecular flexibility index (Phi) is 6.18. The molecule has 0 amide bonds. The maximum atomic E-state index is 5.97. The summed E-state index contributed by atoms with van der Waals surface area (Å²) in [4.78, 5) is 0.